The van der Waals surface area contributed by atoms with E-state index < -0.39 is 22.6 Å². The molecular weight excluding hydrogens is 425 g/mol. The fourth-order valence-corrected chi connectivity index (χ4v) is 3.26. The number of carbonyl (C=O) groups is 2. The molecule has 0 atom stereocenters. The van der Waals surface area contributed by atoms with Crippen molar-refractivity contribution in [1.82, 2.24) is 5.32 Å². The molecule has 8 nitrogen and oxygen atoms in total. The third-order valence-corrected chi connectivity index (χ3v) is 4.76. The van der Waals surface area contributed by atoms with Gasteiger partial charge in [-0.15, -0.1) is 0 Å². The summed E-state index contributed by atoms with van der Waals surface area (Å²) in [5.74, 6) is -1.64. The van der Waals surface area contributed by atoms with Gasteiger partial charge in [0.15, 0.2) is 5.11 Å². The summed E-state index contributed by atoms with van der Waals surface area (Å²) < 4.78 is 19.9. The lowest BCUT2D eigenvalue weighted by atomic mass is 10.1. The van der Waals surface area contributed by atoms with Crippen LogP contribution in [0.4, 0.5) is 15.8 Å². The van der Waals surface area contributed by atoms with E-state index in [4.69, 9.17) is 16.6 Å². The zero-order valence-electron chi connectivity index (χ0n) is 15.6. The molecule has 0 bridgehead atoms. The Morgan fingerprint density at radius 2 is 1.77 bits per heavy atom. The molecule has 1 aromatic heterocycles. The average molecular weight is 437 g/mol. The number of nitro groups is 1. The predicted octanol–water partition coefficient (Wildman–Crippen LogP) is 3.83. The monoisotopic (exact) mass is 437 g/mol. The molecule has 4 rings (SSSR count). The van der Waals surface area contributed by atoms with Crippen molar-refractivity contribution in [2.24, 2.45) is 0 Å². The molecule has 10 heteroatoms. The topological polar surface area (TPSA) is 106 Å². The highest BCUT2D eigenvalue weighted by molar-refractivity contribution is 7.80. The van der Waals surface area contributed by atoms with Gasteiger partial charge < -0.3 is 4.42 Å². The Hall–Kier alpha value is -4.18. The van der Waals surface area contributed by atoms with E-state index in [1.54, 1.807) is 6.07 Å². The molecule has 154 valence electrons. The molecule has 0 aliphatic carbocycles. The third-order valence-electron chi connectivity index (χ3n) is 4.47. The smallest absolute Gasteiger partial charge is 0.270 e. The van der Waals surface area contributed by atoms with Crippen LogP contribution in [0.2, 0.25) is 0 Å². The summed E-state index contributed by atoms with van der Waals surface area (Å²) in [6, 6.07) is 14.4. The lowest BCUT2D eigenvalue weighted by Crippen LogP contribution is -2.54. The van der Waals surface area contributed by atoms with Crippen molar-refractivity contribution in [1.29, 1.82) is 0 Å². The van der Waals surface area contributed by atoms with Crippen LogP contribution in [0.3, 0.4) is 0 Å². The van der Waals surface area contributed by atoms with Gasteiger partial charge in [-0.2, -0.15) is 0 Å². The van der Waals surface area contributed by atoms with Gasteiger partial charge in [-0.05, 0) is 54.7 Å². The van der Waals surface area contributed by atoms with Crippen molar-refractivity contribution >= 4 is 46.6 Å². The van der Waals surface area contributed by atoms with Crippen LogP contribution in [-0.2, 0) is 9.59 Å². The fraction of sp³-hybridized carbons (Fsp3) is 0. The lowest BCUT2D eigenvalue weighted by molar-refractivity contribution is -0.384. The lowest BCUT2D eigenvalue weighted by Gasteiger charge is -2.28. The quantitative estimate of drug-likeness (QED) is 0.219. The number of furan rings is 1. The number of anilines is 1. The largest absolute Gasteiger partial charge is 0.457 e. The molecule has 2 amide bonds. The number of nitrogens with zero attached hydrogens (tertiary/aromatic N) is 2. The Morgan fingerprint density at radius 1 is 1.06 bits per heavy atom. The van der Waals surface area contributed by atoms with Crippen LogP contribution < -0.4 is 10.2 Å². The Labute approximate surface area is 179 Å². The summed E-state index contributed by atoms with van der Waals surface area (Å²) in [7, 11) is 0. The molecule has 1 aliphatic rings. The fourth-order valence-electron chi connectivity index (χ4n) is 2.98. The maximum atomic E-state index is 14.2. The van der Waals surface area contributed by atoms with Gasteiger partial charge >= 0.3 is 0 Å². The zero-order chi connectivity index (χ0) is 22.1. The van der Waals surface area contributed by atoms with Crippen LogP contribution in [0, 0.1) is 15.9 Å². The molecule has 2 heterocycles. The first kappa shape index (κ1) is 20.1. The first-order valence-electron chi connectivity index (χ1n) is 8.86. The number of amides is 2. The Kier molecular flexibility index (Phi) is 5.14. The number of hydrogen-bond donors (Lipinski definition) is 1. The SMILES string of the molecule is O=C1NC(=S)N(c2ccccc2F)C(=O)/C1=C\c1ccc(-c2ccc([N+](=O)[O-])cc2)o1. The van der Waals surface area contributed by atoms with Crippen LogP contribution in [0.1, 0.15) is 5.76 Å². The van der Waals surface area contributed by atoms with Gasteiger partial charge in [0.05, 0.1) is 10.6 Å². The van der Waals surface area contributed by atoms with E-state index in [0.717, 1.165) is 4.90 Å². The van der Waals surface area contributed by atoms with E-state index in [-0.39, 0.29) is 27.8 Å². The summed E-state index contributed by atoms with van der Waals surface area (Å²) >= 11 is 5.05. The van der Waals surface area contributed by atoms with Crippen LogP contribution in [0.25, 0.3) is 17.4 Å². The van der Waals surface area contributed by atoms with Crippen molar-refractivity contribution in [2.45, 2.75) is 0 Å². The zero-order valence-corrected chi connectivity index (χ0v) is 16.4. The van der Waals surface area contributed by atoms with Gasteiger partial charge in [0.25, 0.3) is 17.5 Å². The van der Waals surface area contributed by atoms with Crippen molar-refractivity contribution in [2.75, 3.05) is 4.90 Å². The van der Waals surface area contributed by atoms with Gasteiger partial charge in [-0.1, -0.05) is 12.1 Å². The standard InChI is InChI=1S/C21H12FN3O5S/c22-16-3-1-2-4-17(16)24-20(27)15(19(26)23-21(24)31)11-14-9-10-18(30-14)12-5-7-13(8-6-12)25(28)29/h1-11H,(H,23,26,31)/b15-11-. The molecule has 0 saturated carbocycles. The maximum absolute atomic E-state index is 14.2. The van der Waals surface area contributed by atoms with E-state index in [1.165, 1.54) is 60.7 Å². The molecule has 1 aliphatic heterocycles. The molecule has 1 fully saturated rings. The first-order valence-corrected chi connectivity index (χ1v) is 9.26. The van der Waals surface area contributed by atoms with Gasteiger partial charge in [0, 0.05) is 17.7 Å². The Bertz CT molecular complexity index is 1270. The number of halogens is 1. The number of rotatable bonds is 4. The molecule has 31 heavy (non-hydrogen) atoms. The third kappa shape index (κ3) is 3.83. The minimum atomic E-state index is -0.799. The average Bonchev–Trinajstić information content (AvgIpc) is 3.21. The number of hydrogen-bond acceptors (Lipinski definition) is 6. The van der Waals surface area contributed by atoms with Crippen molar-refractivity contribution in [3.63, 3.8) is 0 Å². The number of benzene rings is 2. The summed E-state index contributed by atoms with van der Waals surface area (Å²) in [4.78, 5) is 36.4. The Morgan fingerprint density at radius 3 is 2.45 bits per heavy atom. The normalized spacial score (nSPS) is 15.3. The minimum absolute atomic E-state index is 0.0636. The van der Waals surface area contributed by atoms with Crippen molar-refractivity contribution in [3.8, 4) is 11.3 Å². The second-order valence-electron chi connectivity index (χ2n) is 6.42. The summed E-state index contributed by atoms with van der Waals surface area (Å²) in [6.07, 6.45) is 1.22. The van der Waals surface area contributed by atoms with E-state index in [1.807, 2.05) is 0 Å². The molecule has 0 unspecified atom stereocenters. The summed E-state index contributed by atoms with van der Waals surface area (Å²) in [5.41, 5.74) is 0.131. The Balaban J connectivity index is 1.65. The van der Waals surface area contributed by atoms with Crippen LogP contribution in [0.5, 0.6) is 0 Å². The number of para-hydroxylation sites is 1. The van der Waals surface area contributed by atoms with Gasteiger partial charge in [-0.25, -0.2) is 9.29 Å². The maximum Gasteiger partial charge on any atom is 0.270 e. The number of carbonyl (C=O) groups excluding carboxylic acids is 2. The minimum Gasteiger partial charge on any atom is -0.457 e. The highest BCUT2D eigenvalue weighted by atomic mass is 32.1. The van der Waals surface area contributed by atoms with Crippen LogP contribution >= 0.6 is 12.2 Å². The number of nitro benzene ring substituents is 1. The number of thiocarbonyl (C=S) groups is 1. The van der Waals surface area contributed by atoms with E-state index in [0.29, 0.717) is 11.3 Å². The second kappa shape index (κ2) is 7.92. The van der Waals surface area contributed by atoms with E-state index >= 15 is 0 Å². The predicted molar refractivity (Wildman–Crippen MR) is 113 cm³/mol. The molecule has 2 aromatic carbocycles. The highest BCUT2D eigenvalue weighted by Gasteiger charge is 2.35. The first-order chi connectivity index (χ1) is 14.8. The van der Waals surface area contributed by atoms with Crippen molar-refractivity contribution < 1.29 is 23.3 Å². The molecular formula is C21H12FN3O5S. The van der Waals surface area contributed by atoms with Gasteiger partial charge in [0.1, 0.15) is 22.9 Å². The van der Waals surface area contributed by atoms with Gasteiger partial charge in [0.2, 0.25) is 0 Å². The summed E-state index contributed by atoms with van der Waals surface area (Å²) in [5, 5.41) is 12.9. The molecule has 0 radical (unpaired) electrons. The van der Waals surface area contributed by atoms with E-state index in [9.17, 15) is 24.1 Å². The second-order valence-corrected chi connectivity index (χ2v) is 6.80. The highest BCUT2D eigenvalue weighted by Crippen LogP contribution is 2.28. The van der Waals surface area contributed by atoms with E-state index in [2.05, 4.69) is 5.32 Å². The molecule has 3 aromatic rings. The number of non-ortho nitro benzene ring substituents is 1. The summed E-state index contributed by atoms with van der Waals surface area (Å²) in [6.45, 7) is 0. The number of nitrogens with one attached hydrogen (secondary N) is 1. The molecule has 1 N–H and O–H groups in total. The van der Waals surface area contributed by atoms with Crippen LogP contribution in [0.15, 0.2) is 70.7 Å². The van der Waals surface area contributed by atoms with Crippen LogP contribution in [-0.4, -0.2) is 21.9 Å². The molecule has 1 saturated heterocycles. The van der Waals surface area contributed by atoms with Crippen molar-refractivity contribution in [3.05, 3.63) is 87.9 Å². The molecule has 0 spiro atoms. The van der Waals surface area contributed by atoms with Gasteiger partial charge in [-0.3, -0.25) is 25.0 Å².